The summed E-state index contributed by atoms with van der Waals surface area (Å²) in [4.78, 5) is 23.8. The highest BCUT2D eigenvalue weighted by Gasteiger charge is 2.30. The molecular formula is C17H18N4O2S. The zero-order chi connectivity index (χ0) is 16.5. The molecule has 4 heterocycles. The largest absolute Gasteiger partial charge is 0.480 e. The number of aromatic nitrogens is 3. The number of nitrogens with zero attached hydrogens (tertiary/aromatic N) is 4. The molecule has 4 rings (SSSR count). The first kappa shape index (κ1) is 15.3. The lowest BCUT2D eigenvalue weighted by Gasteiger charge is -2.32. The van der Waals surface area contributed by atoms with E-state index in [0.29, 0.717) is 18.7 Å². The second-order valence-electron chi connectivity index (χ2n) is 5.99. The first-order valence-electron chi connectivity index (χ1n) is 8.07. The van der Waals surface area contributed by atoms with Gasteiger partial charge in [-0.25, -0.2) is 9.97 Å². The van der Waals surface area contributed by atoms with Crippen LogP contribution in [0, 0.1) is 0 Å². The van der Waals surface area contributed by atoms with Gasteiger partial charge in [0, 0.05) is 18.9 Å². The number of rotatable bonds is 4. The number of hydrogen-bond donors (Lipinski definition) is 1. The highest BCUT2D eigenvalue weighted by molar-refractivity contribution is 7.13. The highest BCUT2D eigenvalue weighted by Crippen LogP contribution is 2.30. The number of thiophene rings is 1. The van der Waals surface area contributed by atoms with Crippen molar-refractivity contribution in [3.05, 3.63) is 41.7 Å². The molecule has 1 aliphatic heterocycles. The van der Waals surface area contributed by atoms with E-state index in [-0.39, 0.29) is 0 Å². The van der Waals surface area contributed by atoms with Crippen LogP contribution in [0.2, 0.25) is 0 Å². The number of fused-ring (bicyclic) bond motifs is 1. The molecule has 24 heavy (non-hydrogen) atoms. The Hall–Kier alpha value is -2.25. The van der Waals surface area contributed by atoms with Gasteiger partial charge in [-0.3, -0.25) is 14.1 Å². The summed E-state index contributed by atoms with van der Waals surface area (Å²) in [6, 6.07) is 5.50. The van der Waals surface area contributed by atoms with Gasteiger partial charge in [0.2, 0.25) is 5.78 Å². The SMILES string of the molecule is O=C(O)C1CCCCN1Cc1c(-c2cccs2)nc2ncccn12. The van der Waals surface area contributed by atoms with Crippen molar-refractivity contribution in [3.8, 4) is 10.6 Å². The second kappa shape index (κ2) is 6.33. The van der Waals surface area contributed by atoms with E-state index in [2.05, 4.69) is 14.9 Å². The number of carboxylic acids is 1. The number of hydrogen-bond acceptors (Lipinski definition) is 5. The molecule has 0 spiro atoms. The quantitative estimate of drug-likeness (QED) is 0.789. The molecule has 0 saturated carbocycles. The van der Waals surface area contributed by atoms with Gasteiger partial charge in [0.1, 0.15) is 11.7 Å². The molecule has 6 nitrogen and oxygen atoms in total. The second-order valence-corrected chi connectivity index (χ2v) is 6.94. The predicted octanol–water partition coefficient (Wildman–Crippen LogP) is 2.90. The normalized spacial score (nSPS) is 18.9. The molecule has 0 bridgehead atoms. The molecule has 0 aromatic carbocycles. The van der Waals surface area contributed by atoms with Crippen molar-refractivity contribution in [1.82, 2.24) is 19.3 Å². The fourth-order valence-corrected chi connectivity index (χ4v) is 4.09. The molecule has 0 amide bonds. The molecule has 7 heteroatoms. The van der Waals surface area contributed by atoms with Gasteiger partial charge in [0.15, 0.2) is 0 Å². The van der Waals surface area contributed by atoms with E-state index in [9.17, 15) is 9.90 Å². The summed E-state index contributed by atoms with van der Waals surface area (Å²) in [6.45, 7) is 1.37. The molecule has 1 aliphatic rings. The lowest BCUT2D eigenvalue weighted by atomic mass is 10.0. The average Bonchev–Trinajstić information content (AvgIpc) is 3.23. The van der Waals surface area contributed by atoms with Crippen LogP contribution in [0.4, 0.5) is 0 Å². The summed E-state index contributed by atoms with van der Waals surface area (Å²) in [6.07, 6.45) is 6.39. The van der Waals surface area contributed by atoms with Crippen LogP contribution in [0.5, 0.6) is 0 Å². The molecule has 0 radical (unpaired) electrons. The molecule has 0 aliphatic carbocycles. The minimum Gasteiger partial charge on any atom is -0.480 e. The summed E-state index contributed by atoms with van der Waals surface area (Å²) >= 11 is 1.64. The van der Waals surface area contributed by atoms with Crippen LogP contribution in [0.15, 0.2) is 36.0 Å². The molecule has 3 aromatic heterocycles. The van der Waals surface area contributed by atoms with E-state index in [1.165, 1.54) is 0 Å². The van der Waals surface area contributed by atoms with Gasteiger partial charge in [-0.05, 0) is 36.9 Å². The molecule has 3 aromatic rings. The molecule has 1 fully saturated rings. The van der Waals surface area contributed by atoms with Crippen molar-refractivity contribution in [2.45, 2.75) is 31.8 Å². The molecule has 1 saturated heterocycles. The Bertz CT molecular complexity index is 859. The molecule has 1 N–H and O–H groups in total. The maximum atomic E-state index is 11.6. The summed E-state index contributed by atoms with van der Waals surface area (Å²) < 4.78 is 1.97. The summed E-state index contributed by atoms with van der Waals surface area (Å²) in [7, 11) is 0. The Kier molecular flexibility index (Phi) is 4.03. The summed E-state index contributed by atoms with van der Waals surface area (Å²) in [5, 5.41) is 11.6. The Balaban J connectivity index is 1.77. The fraction of sp³-hybridized carbons (Fsp3) is 0.353. The molecule has 1 atom stereocenters. The van der Waals surface area contributed by atoms with Gasteiger partial charge in [0.25, 0.3) is 0 Å². The number of imidazole rings is 1. The van der Waals surface area contributed by atoms with Gasteiger partial charge < -0.3 is 5.11 Å². The number of aliphatic carboxylic acids is 1. The van der Waals surface area contributed by atoms with E-state index in [0.717, 1.165) is 35.7 Å². The molecule has 1 unspecified atom stereocenters. The average molecular weight is 342 g/mol. The van der Waals surface area contributed by atoms with Crippen LogP contribution < -0.4 is 0 Å². The van der Waals surface area contributed by atoms with Gasteiger partial charge >= 0.3 is 5.97 Å². The van der Waals surface area contributed by atoms with Crippen molar-refractivity contribution in [2.75, 3.05) is 6.54 Å². The number of carboxylic acid groups (broad SMARTS) is 1. The van der Waals surface area contributed by atoms with Crippen LogP contribution in [0.25, 0.3) is 16.3 Å². The van der Waals surface area contributed by atoms with Gasteiger partial charge in [0.05, 0.1) is 10.6 Å². The van der Waals surface area contributed by atoms with Crippen LogP contribution in [-0.4, -0.2) is 42.9 Å². The van der Waals surface area contributed by atoms with Gasteiger partial charge in [-0.1, -0.05) is 12.5 Å². The van der Waals surface area contributed by atoms with Crippen LogP contribution in [0.3, 0.4) is 0 Å². The molecular weight excluding hydrogens is 324 g/mol. The highest BCUT2D eigenvalue weighted by atomic mass is 32.1. The third kappa shape index (κ3) is 2.70. The van der Waals surface area contributed by atoms with Gasteiger partial charge in [-0.15, -0.1) is 11.3 Å². The van der Waals surface area contributed by atoms with Crippen LogP contribution >= 0.6 is 11.3 Å². The van der Waals surface area contributed by atoms with Crippen LogP contribution in [0.1, 0.15) is 25.0 Å². The minimum absolute atomic E-state index is 0.419. The van der Waals surface area contributed by atoms with Crippen molar-refractivity contribution >= 4 is 23.1 Å². The smallest absolute Gasteiger partial charge is 0.320 e. The van der Waals surface area contributed by atoms with Crippen molar-refractivity contribution < 1.29 is 9.90 Å². The topological polar surface area (TPSA) is 70.7 Å². The van der Waals surface area contributed by atoms with Crippen molar-refractivity contribution in [2.24, 2.45) is 0 Å². The number of piperidine rings is 1. The Morgan fingerprint density at radius 1 is 1.38 bits per heavy atom. The lowest BCUT2D eigenvalue weighted by molar-refractivity contribution is -0.144. The first-order chi connectivity index (χ1) is 11.7. The fourth-order valence-electron chi connectivity index (χ4n) is 3.35. The zero-order valence-corrected chi connectivity index (χ0v) is 13.9. The first-order valence-corrected chi connectivity index (χ1v) is 8.94. The van der Waals surface area contributed by atoms with E-state index in [1.807, 2.05) is 34.2 Å². The summed E-state index contributed by atoms with van der Waals surface area (Å²) in [5.41, 5.74) is 1.91. The summed E-state index contributed by atoms with van der Waals surface area (Å²) in [5.74, 6) is -0.0842. The van der Waals surface area contributed by atoms with E-state index < -0.39 is 12.0 Å². The Morgan fingerprint density at radius 2 is 2.29 bits per heavy atom. The Morgan fingerprint density at radius 3 is 3.08 bits per heavy atom. The van der Waals surface area contributed by atoms with E-state index >= 15 is 0 Å². The number of likely N-dealkylation sites (tertiary alicyclic amines) is 1. The predicted molar refractivity (Wildman–Crippen MR) is 92.0 cm³/mol. The maximum Gasteiger partial charge on any atom is 0.320 e. The third-order valence-corrected chi connectivity index (χ3v) is 5.39. The van der Waals surface area contributed by atoms with E-state index in [1.54, 1.807) is 17.5 Å². The third-order valence-electron chi connectivity index (χ3n) is 4.51. The van der Waals surface area contributed by atoms with Crippen molar-refractivity contribution in [3.63, 3.8) is 0 Å². The zero-order valence-electron chi connectivity index (χ0n) is 13.1. The minimum atomic E-state index is -0.737. The monoisotopic (exact) mass is 342 g/mol. The maximum absolute atomic E-state index is 11.6. The molecule has 124 valence electrons. The number of carbonyl (C=O) groups is 1. The van der Waals surface area contributed by atoms with Gasteiger partial charge in [-0.2, -0.15) is 0 Å². The lowest BCUT2D eigenvalue weighted by Crippen LogP contribution is -2.44. The Labute approximate surface area is 143 Å². The standard InChI is InChI=1S/C17H18N4O2S/c22-16(23)12-5-1-2-8-20(12)11-13-15(14-6-3-10-24-14)19-17-18-7-4-9-21(13)17/h3-4,6-7,9-10,12H,1-2,5,8,11H2,(H,22,23). The van der Waals surface area contributed by atoms with Crippen molar-refractivity contribution in [1.29, 1.82) is 0 Å². The van der Waals surface area contributed by atoms with E-state index in [4.69, 9.17) is 0 Å². The van der Waals surface area contributed by atoms with Crippen LogP contribution in [-0.2, 0) is 11.3 Å².